The standard InChI is InChI=1S/C21H17Cl2NO3/c1-3-10-24-18(15-9-8-14(22)11-16(15)23)17(20(26)21(24)27)19(25)13-6-4-12(2)5-7-13/h3-9,11,18,25H,1,10H2,2H3/b19-17+. The smallest absolute Gasteiger partial charge is 0.295 e. The molecular formula is C21H17Cl2NO3. The Morgan fingerprint density at radius 3 is 2.44 bits per heavy atom. The van der Waals surface area contributed by atoms with Gasteiger partial charge in [-0.15, -0.1) is 6.58 Å². The van der Waals surface area contributed by atoms with Crippen LogP contribution in [-0.4, -0.2) is 28.2 Å². The Hall–Kier alpha value is -2.56. The molecule has 0 spiro atoms. The third-order valence-corrected chi connectivity index (χ3v) is 5.01. The number of aryl methyl sites for hydroxylation is 1. The topological polar surface area (TPSA) is 57.6 Å². The molecule has 2 aromatic rings. The van der Waals surface area contributed by atoms with E-state index in [1.54, 1.807) is 30.3 Å². The van der Waals surface area contributed by atoms with Crippen molar-refractivity contribution >= 4 is 40.7 Å². The SMILES string of the molecule is C=CCN1C(=O)C(=O)/C(=C(/O)c2ccc(C)cc2)C1c1ccc(Cl)cc1Cl. The summed E-state index contributed by atoms with van der Waals surface area (Å²) in [5.74, 6) is -1.71. The van der Waals surface area contributed by atoms with Crippen LogP contribution in [0.1, 0.15) is 22.7 Å². The van der Waals surface area contributed by atoms with Crippen molar-refractivity contribution in [3.8, 4) is 0 Å². The summed E-state index contributed by atoms with van der Waals surface area (Å²) in [6.07, 6.45) is 1.52. The zero-order valence-corrected chi connectivity index (χ0v) is 16.1. The number of amides is 1. The zero-order chi connectivity index (χ0) is 19.7. The number of aliphatic hydroxyl groups excluding tert-OH is 1. The van der Waals surface area contributed by atoms with Crippen LogP contribution < -0.4 is 0 Å². The molecule has 1 N–H and O–H groups in total. The van der Waals surface area contributed by atoms with E-state index >= 15 is 0 Å². The normalized spacial score (nSPS) is 18.8. The van der Waals surface area contributed by atoms with E-state index in [0.29, 0.717) is 21.2 Å². The number of ketones is 1. The summed E-state index contributed by atoms with van der Waals surface area (Å²) < 4.78 is 0. The number of aliphatic hydroxyl groups is 1. The number of carbonyl (C=O) groups is 2. The van der Waals surface area contributed by atoms with Crippen molar-refractivity contribution in [1.82, 2.24) is 4.90 Å². The molecule has 3 rings (SSSR count). The van der Waals surface area contributed by atoms with Gasteiger partial charge in [-0.05, 0) is 24.6 Å². The Balaban J connectivity index is 2.23. The van der Waals surface area contributed by atoms with Gasteiger partial charge in [0.2, 0.25) is 0 Å². The Labute approximate surface area is 167 Å². The molecule has 1 fully saturated rings. The molecule has 0 bridgehead atoms. The highest BCUT2D eigenvalue weighted by Crippen LogP contribution is 2.42. The number of hydrogen-bond donors (Lipinski definition) is 1. The summed E-state index contributed by atoms with van der Waals surface area (Å²) >= 11 is 12.3. The molecule has 1 aliphatic heterocycles. The van der Waals surface area contributed by atoms with Crippen molar-refractivity contribution in [2.45, 2.75) is 13.0 Å². The van der Waals surface area contributed by atoms with Crippen molar-refractivity contribution in [2.24, 2.45) is 0 Å². The van der Waals surface area contributed by atoms with Gasteiger partial charge in [0.15, 0.2) is 0 Å². The maximum atomic E-state index is 12.7. The fraction of sp³-hybridized carbons (Fsp3) is 0.143. The molecule has 4 nitrogen and oxygen atoms in total. The van der Waals surface area contributed by atoms with Crippen LogP contribution >= 0.6 is 23.2 Å². The molecular weight excluding hydrogens is 385 g/mol. The van der Waals surface area contributed by atoms with Crippen LogP contribution in [0.2, 0.25) is 10.0 Å². The van der Waals surface area contributed by atoms with Crippen LogP contribution in [0.3, 0.4) is 0 Å². The lowest BCUT2D eigenvalue weighted by molar-refractivity contribution is -0.139. The first-order valence-corrected chi connectivity index (χ1v) is 9.02. The number of halogens is 2. The van der Waals surface area contributed by atoms with Gasteiger partial charge in [-0.1, -0.05) is 65.2 Å². The minimum Gasteiger partial charge on any atom is -0.507 e. The van der Waals surface area contributed by atoms with Crippen LogP contribution in [0.15, 0.2) is 60.7 Å². The van der Waals surface area contributed by atoms with Crippen LogP contribution in [-0.2, 0) is 9.59 Å². The molecule has 0 saturated carbocycles. The Morgan fingerprint density at radius 2 is 1.85 bits per heavy atom. The predicted octanol–water partition coefficient (Wildman–Crippen LogP) is 4.91. The van der Waals surface area contributed by atoms with Crippen LogP contribution in [0.4, 0.5) is 0 Å². The van der Waals surface area contributed by atoms with E-state index in [9.17, 15) is 14.7 Å². The molecule has 2 aromatic carbocycles. The third-order valence-electron chi connectivity index (χ3n) is 4.45. The molecule has 1 saturated heterocycles. The van der Waals surface area contributed by atoms with Gasteiger partial charge in [-0.2, -0.15) is 0 Å². The first-order valence-electron chi connectivity index (χ1n) is 8.26. The second kappa shape index (κ2) is 7.59. The van der Waals surface area contributed by atoms with Gasteiger partial charge in [-0.25, -0.2) is 0 Å². The first kappa shape index (κ1) is 19.2. The highest BCUT2D eigenvalue weighted by molar-refractivity contribution is 6.47. The molecule has 1 atom stereocenters. The Bertz CT molecular complexity index is 964. The highest BCUT2D eigenvalue weighted by atomic mass is 35.5. The van der Waals surface area contributed by atoms with Gasteiger partial charge in [-0.3, -0.25) is 9.59 Å². The Kier molecular flexibility index (Phi) is 5.40. The summed E-state index contributed by atoms with van der Waals surface area (Å²) in [4.78, 5) is 26.6. The number of rotatable bonds is 4. The van der Waals surface area contributed by atoms with E-state index in [0.717, 1.165) is 5.56 Å². The summed E-state index contributed by atoms with van der Waals surface area (Å²) in [6, 6.07) is 11.0. The van der Waals surface area contributed by atoms with Crippen molar-refractivity contribution < 1.29 is 14.7 Å². The van der Waals surface area contributed by atoms with Gasteiger partial charge in [0.25, 0.3) is 11.7 Å². The Morgan fingerprint density at radius 1 is 1.19 bits per heavy atom. The number of nitrogens with zero attached hydrogens (tertiary/aromatic N) is 1. The molecule has 0 radical (unpaired) electrons. The maximum absolute atomic E-state index is 12.7. The van der Waals surface area contributed by atoms with Crippen LogP contribution in [0.25, 0.3) is 5.76 Å². The van der Waals surface area contributed by atoms with Gasteiger partial charge in [0, 0.05) is 22.2 Å². The fourth-order valence-electron chi connectivity index (χ4n) is 3.12. The number of likely N-dealkylation sites (tertiary alicyclic amines) is 1. The molecule has 1 amide bonds. The van der Waals surface area contributed by atoms with Gasteiger partial charge in [0.05, 0.1) is 11.6 Å². The lowest BCUT2D eigenvalue weighted by Crippen LogP contribution is -2.29. The molecule has 6 heteroatoms. The summed E-state index contributed by atoms with van der Waals surface area (Å²) in [5, 5.41) is 11.6. The van der Waals surface area contributed by atoms with Gasteiger partial charge >= 0.3 is 0 Å². The lowest BCUT2D eigenvalue weighted by Gasteiger charge is -2.25. The molecule has 1 heterocycles. The van der Waals surface area contributed by atoms with E-state index < -0.39 is 17.7 Å². The molecule has 0 aliphatic carbocycles. The average Bonchev–Trinajstić information content (AvgIpc) is 2.87. The van der Waals surface area contributed by atoms with Crippen LogP contribution in [0.5, 0.6) is 0 Å². The van der Waals surface area contributed by atoms with Crippen molar-refractivity contribution in [3.05, 3.63) is 87.4 Å². The minimum atomic E-state index is -0.825. The summed E-state index contributed by atoms with van der Waals surface area (Å²) in [6.45, 7) is 5.70. The van der Waals surface area contributed by atoms with E-state index in [1.165, 1.54) is 11.0 Å². The average molecular weight is 402 g/mol. The number of hydrogen-bond acceptors (Lipinski definition) is 3. The molecule has 1 aliphatic rings. The van der Waals surface area contributed by atoms with Crippen LogP contribution in [0, 0.1) is 6.92 Å². The maximum Gasteiger partial charge on any atom is 0.295 e. The van der Waals surface area contributed by atoms with E-state index in [2.05, 4.69) is 6.58 Å². The van der Waals surface area contributed by atoms with Crippen molar-refractivity contribution in [2.75, 3.05) is 6.54 Å². The second-order valence-electron chi connectivity index (χ2n) is 6.27. The minimum absolute atomic E-state index is 0.00470. The van der Waals surface area contributed by atoms with E-state index in [4.69, 9.17) is 23.2 Å². The first-order chi connectivity index (χ1) is 12.8. The molecule has 0 aromatic heterocycles. The van der Waals surface area contributed by atoms with Gasteiger partial charge in [0.1, 0.15) is 5.76 Å². The quantitative estimate of drug-likeness (QED) is 0.342. The van der Waals surface area contributed by atoms with Crippen molar-refractivity contribution in [1.29, 1.82) is 0 Å². The lowest BCUT2D eigenvalue weighted by atomic mass is 9.95. The number of benzene rings is 2. The number of carbonyl (C=O) groups excluding carboxylic acids is 2. The molecule has 138 valence electrons. The summed E-state index contributed by atoms with van der Waals surface area (Å²) in [5.41, 5.74) is 1.97. The highest BCUT2D eigenvalue weighted by Gasteiger charge is 2.46. The number of Topliss-reactive ketones (excluding diaryl/α,β-unsaturated/α-hetero) is 1. The van der Waals surface area contributed by atoms with Gasteiger partial charge < -0.3 is 10.0 Å². The monoisotopic (exact) mass is 401 g/mol. The predicted molar refractivity (Wildman–Crippen MR) is 107 cm³/mol. The molecule has 27 heavy (non-hydrogen) atoms. The largest absolute Gasteiger partial charge is 0.507 e. The second-order valence-corrected chi connectivity index (χ2v) is 7.12. The fourth-order valence-corrected chi connectivity index (χ4v) is 3.63. The summed E-state index contributed by atoms with van der Waals surface area (Å²) in [7, 11) is 0. The molecule has 1 unspecified atom stereocenters. The van der Waals surface area contributed by atoms with Crippen molar-refractivity contribution in [3.63, 3.8) is 0 Å². The zero-order valence-electron chi connectivity index (χ0n) is 14.6. The third kappa shape index (κ3) is 3.51. The van der Waals surface area contributed by atoms with E-state index in [-0.39, 0.29) is 17.9 Å². The van der Waals surface area contributed by atoms with E-state index in [1.807, 2.05) is 19.1 Å².